The molecule has 16 heavy (non-hydrogen) atoms. The molecule has 1 amide bonds. The van der Waals surface area contributed by atoms with Gasteiger partial charge in [-0.1, -0.05) is 0 Å². The summed E-state index contributed by atoms with van der Waals surface area (Å²) in [6.07, 6.45) is -0.252. The van der Waals surface area contributed by atoms with E-state index < -0.39 is 0 Å². The number of piperazine rings is 1. The van der Waals surface area contributed by atoms with Crippen molar-refractivity contribution in [1.82, 2.24) is 9.80 Å². The molecule has 1 aliphatic rings. The van der Waals surface area contributed by atoms with Crippen molar-refractivity contribution < 1.29 is 14.3 Å². The van der Waals surface area contributed by atoms with E-state index in [9.17, 15) is 9.59 Å². The molecule has 5 nitrogen and oxygen atoms in total. The fourth-order valence-electron chi connectivity index (χ4n) is 1.76. The predicted molar refractivity (Wildman–Crippen MR) is 60.3 cm³/mol. The van der Waals surface area contributed by atoms with Gasteiger partial charge in [0.1, 0.15) is 5.78 Å². The average Bonchev–Trinajstić information content (AvgIpc) is 2.28. The average molecular weight is 228 g/mol. The molecule has 0 bridgehead atoms. The van der Waals surface area contributed by atoms with Crippen LogP contribution in [0.4, 0.5) is 4.79 Å². The first-order valence-corrected chi connectivity index (χ1v) is 5.72. The normalized spacial score (nSPS) is 19.3. The SMILES string of the molecule is CCOC(=O)N1CCN(C(C)C(C)=O)CC1. The summed E-state index contributed by atoms with van der Waals surface area (Å²) in [7, 11) is 0. The van der Waals surface area contributed by atoms with Crippen molar-refractivity contribution in [2.45, 2.75) is 26.8 Å². The fraction of sp³-hybridized carbons (Fsp3) is 0.818. The highest BCUT2D eigenvalue weighted by Gasteiger charge is 2.26. The second kappa shape index (κ2) is 5.84. The lowest BCUT2D eigenvalue weighted by atomic mass is 10.2. The van der Waals surface area contributed by atoms with Crippen LogP contribution in [0.1, 0.15) is 20.8 Å². The summed E-state index contributed by atoms with van der Waals surface area (Å²) in [6.45, 7) is 8.45. The zero-order chi connectivity index (χ0) is 12.1. The Morgan fingerprint density at radius 2 is 1.81 bits per heavy atom. The lowest BCUT2D eigenvalue weighted by molar-refractivity contribution is -0.122. The van der Waals surface area contributed by atoms with Crippen LogP contribution in [0.2, 0.25) is 0 Å². The van der Waals surface area contributed by atoms with Gasteiger partial charge in [0, 0.05) is 26.2 Å². The Morgan fingerprint density at radius 1 is 1.25 bits per heavy atom. The number of carbonyl (C=O) groups excluding carboxylic acids is 2. The van der Waals surface area contributed by atoms with Crippen molar-refractivity contribution in [2.24, 2.45) is 0 Å². The van der Waals surface area contributed by atoms with Crippen LogP contribution >= 0.6 is 0 Å². The zero-order valence-corrected chi connectivity index (χ0v) is 10.2. The lowest BCUT2D eigenvalue weighted by Gasteiger charge is -2.36. The van der Waals surface area contributed by atoms with E-state index in [1.54, 1.807) is 18.7 Å². The van der Waals surface area contributed by atoms with E-state index in [2.05, 4.69) is 4.90 Å². The van der Waals surface area contributed by atoms with Crippen LogP contribution in [0.15, 0.2) is 0 Å². The molecule has 1 atom stereocenters. The number of Topliss-reactive ketones (excluding diaryl/α,β-unsaturated/α-hetero) is 1. The van der Waals surface area contributed by atoms with Crippen LogP contribution in [0, 0.1) is 0 Å². The fourth-order valence-corrected chi connectivity index (χ4v) is 1.76. The molecule has 1 saturated heterocycles. The van der Waals surface area contributed by atoms with Gasteiger partial charge in [-0.3, -0.25) is 9.69 Å². The first-order valence-electron chi connectivity index (χ1n) is 5.72. The molecule has 92 valence electrons. The Labute approximate surface area is 96.3 Å². The van der Waals surface area contributed by atoms with Gasteiger partial charge < -0.3 is 9.64 Å². The molecule has 0 aromatic carbocycles. The Kier molecular flexibility index (Phi) is 4.73. The Balaban J connectivity index is 2.39. The van der Waals surface area contributed by atoms with E-state index >= 15 is 0 Å². The minimum atomic E-state index is -0.252. The molecule has 1 unspecified atom stereocenters. The standard InChI is InChI=1S/C11H20N2O3/c1-4-16-11(15)13-7-5-12(6-8-13)9(2)10(3)14/h9H,4-8H2,1-3H3. The summed E-state index contributed by atoms with van der Waals surface area (Å²) in [5.74, 6) is 0.171. The molecule has 1 aliphatic heterocycles. The number of hydrogen-bond donors (Lipinski definition) is 0. The number of carbonyl (C=O) groups is 2. The topological polar surface area (TPSA) is 49.9 Å². The summed E-state index contributed by atoms with van der Waals surface area (Å²) in [5.41, 5.74) is 0. The van der Waals surface area contributed by atoms with Gasteiger partial charge in [0.25, 0.3) is 0 Å². The number of rotatable bonds is 3. The highest BCUT2D eigenvalue weighted by Crippen LogP contribution is 2.08. The summed E-state index contributed by atoms with van der Waals surface area (Å²) in [4.78, 5) is 26.4. The van der Waals surface area contributed by atoms with Crippen molar-refractivity contribution in [3.05, 3.63) is 0 Å². The van der Waals surface area contributed by atoms with Gasteiger partial charge >= 0.3 is 6.09 Å². The molecule has 1 heterocycles. The highest BCUT2D eigenvalue weighted by molar-refractivity contribution is 5.81. The van der Waals surface area contributed by atoms with E-state index in [0.717, 1.165) is 13.1 Å². The van der Waals surface area contributed by atoms with Gasteiger partial charge in [-0.05, 0) is 20.8 Å². The van der Waals surface area contributed by atoms with Crippen LogP contribution in [-0.4, -0.2) is 60.5 Å². The predicted octanol–water partition coefficient (Wildman–Crippen LogP) is 0.738. The summed E-state index contributed by atoms with van der Waals surface area (Å²) < 4.78 is 4.93. The molecule has 0 N–H and O–H groups in total. The molecule has 0 aliphatic carbocycles. The van der Waals surface area contributed by atoms with E-state index in [1.165, 1.54) is 0 Å². The molecular weight excluding hydrogens is 208 g/mol. The second-order valence-corrected chi connectivity index (χ2v) is 4.01. The number of ether oxygens (including phenoxy) is 1. The first-order chi connectivity index (χ1) is 7.56. The molecule has 0 aromatic rings. The summed E-state index contributed by atoms with van der Waals surface area (Å²) in [6, 6.07) is -0.0515. The molecular formula is C11H20N2O3. The Morgan fingerprint density at radius 3 is 2.25 bits per heavy atom. The van der Waals surface area contributed by atoms with Gasteiger partial charge in [0.05, 0.1) is 12.6 Å². The van der Waals surface area contributed by atoms with Crippen molar-refractivity contribution >= 4 is 11.9 Å². The minimum absolute atomic E-state index is 0.0515. The van der Waals surface area contributed by atoms with Gasteiger partial charge in [-0.25, -0.2) is 4.79 Å². The maximum atomic E-state index is 11.4. The number of nitrogens with zero attached hydrogens (tertiary/aromatic N) is 2. The maximum absolute atomic E-state index is 11.4. The van der Waals surface area contributed by atoms with Crippen LogP contribution in [-0.2, 0) is 9.53 Å². The zero-order valence-electron chi connectivity index (χ0n) is 10.2. The molecule has 1 rings (SSSR count). The number of hydrogen-bond acceptors (Lipinski definition) is 4. The van der Waals surface area contributed by atoms with Crippen LogP contribution in [0.3, 0.4) is 0 Å². The van der Waals surface area contributed by atoms with E-state index in [0.29, 0.717) is 19.7 Å². The summed E-state index contributed by atoms with van der Waals surface area (Å²) in [5, 5.41) is 0. The number of amides is 1. The van der Waals surface area contributed by atoms with Crippen molar-refractivity contribution in [3.8, 4) is 0 Å². The number of ketones is 1. The molecule has 1 fully saturated rings. The highest BCUT2D eigenvalue weighted by atomic mass is 16.6. The third-order valence-electron chi connectivity index (χ3n) is 2.98. The van der Waals surface area contributed by atoms with Crippen LogP contribution in [0.25, 0.3) is 0 Å². The monoisotopic (exact) mass is 228 g/mol. The Bertz CT molecular complexity index is 260. The van der Waals surface area contributed by atoms with Gasteiger partial charge in [-0.2, -0.15) is 0 Å². The molecule has 0 aromatic heterocycles. The van der Waals surface area contributed by atoms with E-state index in [1.807, 2.05) is 6.92 Å². The molecule has 0 spiro atoms. The quantitative estimate of drug-likeness (QED) is 0.715. The van der Waals surface area contributed by atoms with Crippen LogP contribution in [0.5, 0.6) is 0 Å². The molecule has 5 heteroatoms. The Hall–Kier alpha value is -1.10. The van der Waals surface area contributed by atoms with Crippen molar-refractivity contribution in [2.75, 3.05) is 32.8 Å². The smallest absolute Gasteiger partial charge is 0.409 e. The summed E-state index contributed by atoms with van der Waals surface area (Å²) >= 11 is 0. The third kappa shape index (κ3) is 3.20. The first kappa shape index (κ1) is 13.0. The minimum Gasteiger partial charge on any atom is -0.450 e. The second-order valence-electron chi connectivity index (χ2n) is 4.01. The lowest BCUT2D eigenvalue weighted by Crippen LogP contribution is -2.52. The van der Waals surface area contributed by atoms with Gasteiger partial charge in [-0.15, -0.1) is 0 Å². The van der Waals surface area contributed by atoms with Crippen molar-refractivity contribution in [3.63, 3.8) is 0 Å². The molecule has 0 radical (unpaired) electrons. The van der Waals surface area contributed by atoms with Gasteiger partial charge in [0.2, 0.25) is 0 Å². The van der Waals surface area contributed by atoms with Crippen molar-refractivity contribution in [1.29, 1.82) is 0 Å². The maximum Gasteiger partial charge on any atom is 0.409 e. The largest absolute Gasteiger partial charge is 0.450 e. The van der Waals surface area contributed by atoms with Crippen LogP contribution < -0.4 is 0 Å². The van der Waals surface area contributed by atoms with E-state index in [4.69, 9.17) is 4.74 Å². The van der Waals surface area contributed by atoms with E-state index in [-0.39, 0.29) is 17.9 Å². The molecule has 0 saturated carbocycles. The third-order valence-corrected chi connectivity index (χ3v) is 2.98. The van der Waals surface area contributed by atoms with Gasteiger partial charge in [0.15, 0.2) is 0 Å².